The van der Waals surface area contributed by atoms with E-state index in [0.717, 1.165) is 6.39 Å². The molecule has 1 atom stereocenters. The number of nitrogens with zero attached hydrogens (tertiary/aromatic N) is 1. The Bertz CT molecular complexity index is 334. The first-order valence-corrected chi connectivity index (χ1v) is 4.50. The summed E-state index contributed by atoms with van der Waals surface area (Å²) in [7, 11) is 0. The number of nitrogens with one attached hydrogen (secondary N) is 1. The van der Waals surface area contributed by atoms with Crippen molar-refractivity contribution in [1.29, 1.82) is 0 Å². The summed E-state index contributed by atoms with van der Waals surface area (Å²) in [5.41, 5.74) is 0. The summed E-state index contributed by atoms with van der Waals surface area (Å²) in [5.74, 6) is -1.60. The van der Waals surface area contributed by atoms with Crippen molar-refractivity contribution in [2.75, 3.05) is 6.54 Å². The fraction of sp³-hybridized carbons (Fsp3) is 0.444. The summed E-state index contributed by atoms with van der Waals surface area (Å²) in [6.07, 6.45) is 2.85. The van der Waals surface area contributed by atoms with Crippen molar-refractivity contribution < 1.29 is 19.1 Å². The molecule has 0 aliphatic rings. The second kappa shape index (κ2) is 5.14. The number of rotatable bonds is 5. The molecule has 6 heteroatoms. The lowest BCUT2D eigenvalue weighted by atomic mass is 10.1. The summed E-state index contributed by atoms with van der Waals surface area (Å²) in [6, 6.07) is 0. The molecule has 0 aliphatic heterocycles. The molecule has 1 aromatic rings. The molecule has 6 nitrogen and oxygen atoms in total. The number of amides is 1. The number of aromatic nitrogens is 1. The van der Waals surface area contributed by atoms with Crippen molar-refractivity contribution in [3.8, 4) is 0 Å². The molecule has 0 aliphatic carbocycles. The monoisotopic (exact) mass is 212 g/mol. The van der Waals surface area contributed by atoms with Crippen LogP contribution < -0.4 is 5.32 Å². The molecule has 0 bridgehead atoms. The molecule has 0 saturated heterocycles. The van der Waals surface area contributed by atoms with Gasteiger partial charge in [-0.15, -0.1) is 0 Å². The van der Waals surface area contributed by atoms with Gasteiger partial charge in [-0.3, -0.25) is 9.59 Å². The number of aliphatic carboxylic acids is 1. The quantitative estimate of drug-likeness (QED) is 0.742. The van der Waals surface area contributed by atoms with E-state index in [1.165, 1.54) is 6.20 Å². The van der Waals surface area contributed by atoms with E-state index in [-0.39, 0.29) is 11.7 Å². The summed E-state index contributed by atoms with van der Waals surface area (Å²) in [4.78, 5) is 25.3. The van der Waals surface area contributed by atoms with Gasteiger partial charge >= 0.3 is 5.97 Å². The zero-order valence-electron chi connectivity index (χ0n) is 8.27. The predicted molar refractivity (Wildman–Crippen MR) is 50.3 cm³/mol. The molecular formula is C9H12N2O4. The van der Waals surface area contributed by atoms with Crippen molar-refractivity contribution >= 4 is 11.9 Å². The first kappa shape index (κ1) is 11.2. The van der Waals surface area contributed by atoms with Crippen molar-refractivity contribution in [3.05, 3.63) is 18.4 Å². The number of carbonyl (C=O) groups excluding carboxylic acids is 1. The molecular weight excluding hydrogens is 200 g/mol. The number of oxazole rings is 1. The second-order valence-electron chi connectivity index (χ2n) is 3.15. The van der Waals surface area contributed by atoms with Gasteiger partial charge in [0.25, 0.3) is 5.91 Å². The van der Waals surface area contributed by atoms with Gasteiger partial charge < -0.3 is 14.8 Å². The smallest absolute Gasteiger partial charge is 0.306 e. The van der Waals surface area contributed by atoms with Crippen LogP contribution in [-0.4, -0.2) is 28.5 Å². The Hall–Kier alpha value is -1.85. The van der Waals surface area contributed by atoms with Gasteiger partial charge in [-0.05, 0) is 6.42 Å². The van der Waals surface area contributed by atoms with Gasteiger partial charge in [-0.2, -0.15) is 0 Å². The van der Waals surface area contributed by atoms with Crippen molar-refractivity contribution in [2.24, 2.45) is 5.92 Å². The lowest BCUT2D eigenvalue weighted by Crippen LogP contribution is -2.26. The highest BCUT2D eigenvalue weighted by Crippen LogP contribution is 2.01. The molecule has 0 spiro atoms. The highest BCUT2D eigenvalue weighted by molar-refractivity contribution is 5.90. The van der Waals surface area contributed by atoms with Crippen LogP contribution in [0.4, 0.5) is 0 Å². The van der Waals surface area contributed by atoms with E-state index in [1.54, 1.807) is 6.92 Å². The number of hydrogen-bond donors (Lipinski definition) is 2. The van der Waals surface area contributed by atoms with E-state index in [2.05, 4.69) is 10.3 Å². The summed E-state index contributed by atoms with van der Waals surface area (Å²) < 4.78 is 4.76. The largest absolute Gasteiger partial charge is 0.481 e. The number of hydrogen-bond acceptors (Lipinski definition) is 4. The Balaban J connectivity index is 2.27. The van der Waals surface area contributed by atoms with Crippen LogP contribution in [0.5, 0.6) is 0 Å². The molecule has 1 amide bonds. The number of carbonyl (C=O) groups is 2. The zero-order chi connectivity index (χ0) is 11.3. The molecule has 0 unspecified atom stereocenters. The van der Waals surface area contributed by atoms with Gasteiger partial charge in [0, 0.05) is 6.54 Å². The fourth-order valence-corrected chi connectivity index (χ4v) is 0.941. The molecule has 0 aromatic carbocycles. The van der Waals surface area contributed by atoms with Crippen LogP contribution in [0, 0.1) is 5.92 Å². The Morgan fingerprint density at radius 3 is 2.93 bits per heavy atom. The van der Waals surface area contributed by atoms with Gasteiger partial charge in [0.05, 0.1) is 12.1 Å². The third kappa shape index (κ3) is 3.41. The molecule has 2 N–H and O–H groups in total. The molecule has 1 aromatic heterocycles. The van der Waals surface area contributed by atoms with Crippen LogP contribution in [-0.2, 0) is 4.79 Å². The van der Waals surface area contributed by atoms with E-state index in [0.29, 0.717) is 13.0 Å². The van der Waals surface area contributed by atoms with Crippen LogP contribution in [0.15, 0.2) is 17.0 Å². The van der Waals surface area contributed by atoms with Gasteiger partial charge in [-0.1, -0.05) is 6.92 Å². The Morgan fingerprint density at radius 1 is 1.67 bits per heavy atom. The first-order chi connectivity index (χ1) is 7.11. The van der Waals surface area contributed by atoms with Gasteiger partial charge in [0.1, 0.15) is 0 Å². The topological polar surface area (TPSA) is 92.4 Å². The molecule has 0 radical (unpaired) electrons. The average Bonchev–Trinajstić information content (AvgIpc) is 2.70. The average molecular weight is 212 g/mol. The molecule has 1 heterocycles. The summed E-state index contributed by atoms with van der Waals surface area (Å²) >= 11 is 0. The lowest BCUT2D eigenvalue weighted by Gasteiger charge is -2.06. The maximum atomic E-state index is 11.3. The van der Waals surface area contributed by atoms with Crippen LogP contribution in [0.1, 0.15) is 23.9 Å². The molecule has 0 fully saturated rings. The Morgan fingerprint density at radius 2 is 2.40 bits per heavy atom. The standard InChI is InChI=1S/C9H12N2O4/c1-6(9(13)14)2-3-11-8(12)7-4-10-5-15-7/h4-6H,2-3H2,1H3,(H,11,12)(H,13,14)/t6-/m1/s1. The van der Waals surface area contributed by atoms with Gasteiger partial charge in [0.15, 0.2) is 6.39 Å². The third-order valence-electron chi connectivity index (χ3n) is 1.94. The second-order valence-corrected chi connectivity index (χ2v) is 3.15. The molecule has 0 saturated carbocycles. The van der Waals surface area contributed by atoms with Crippen molar-refractivity contribution in [3.63, 3.8) is 0 Å². The third-order valence-corrected chi connectivity index (χ3v) is 1.94. The van der Waals surface area contributed by atoms with E-state index in [9.17, 15) is 9.59 Å². The SMILES string of the molecule is C[C@H](CCNC(=O)c1cnco1)C(=O)O. The van der Waals surface area contributed by atoms with Crippen LogP contribution >= 0.6 is 0 Å². The molecule has 82 valence electrons. The number of carboxylic acids is 1. The van der Waals surface area contributed by atoms with E-state index >= 15 is 0 Å². The summed E-state index contributed by atoms with van der Waals surface area (Å²) in [6.45, 7) is 1.88. The zero-order valence-corrected chi connectivity index (χ0v) is 8.27. The summed E-state index contributed by atoms with van der Waals surface area (Å²) in [5, 5.41) is 11.1. The maximum absolute atomic E-state index is 11.3. The van der Waals surface area contributed by atoms with Crippen LogP contribution in [0.3, 0.4) is 0 Å². The normalized spacial score (nSPS) is 12.1. The van der Waals surface area contributed by atoms with Crippen LogP contribution in [0.2, 0.25) is 0 Å². The minimum absolute atomic E-state index is 0.123. The van der Waals surface area contributed by atoms with E-state index in [1.807, 2.05) is 0 Å². The molecule has 15 heavy (non-hydrogen) atoms. The van der Waals surface area contributed by atoms with Gasteiger partial charge in [0.2, 0.25) is 5.76 Å². The predicted octanol–water partition coefficient (Wildman–Crippen LogP) is 0.515. The molecule has 1 rings (SSSR count). The van der Waals surface area contributed by atoms with Crippen molar-refractivity contribution in [2.45, 2.75) is 13.3 Å². The lowest BCUT2D eigenvalue weighted by molar-refractivity contribution is -0.141. The van der Waals surface area contributed by atoms with Crippen LogP contribution in [0.25, 0.3) is 0 Å². The number of carboxylic acid groups (broad SMARTS) is 1. The minimum Gasteiger partial charge on any atom is -0.481 e. The van der Waals surface area contributed by atoms with Gasteiger partial charge in [-0.25, -0.2) is 4.98 Å². The Labute approximate surface area is 86.3 Å². The highest BCUT2D eigenvalue weighted by Gasteiger charge is 2.12. The van der Waals surface area contributed by atoms with Crippen molar-refractivity contribution in [1.82, 2.24) is 10.3 Å². The van der Waals surface area contributed by atoms with E-state index in [4.69, 9.17) is 9.52 Å². The minimum atomic E-state index is -0.871. The first-order valence-electron chi connectivity index (χ1n) is 4.50. The fourth-order valence-electron chi connectivity index (χ4n) is 0.941. The highest BCUT2D eigenvalue weighted by atomic mass is 16.4. The maximum Gasteiger partial charge on any atom is 0.306 e. The van der Waals surface area contributed by atoms with E-state index < -0.39 is 11.9 Å². The Kier molecular flexibility index (Phi) is 3.84.